The first-order chi connectivity index (χ1) is 32.5. The molecule has 0 spiro atoms. The lowest BCUT2D eigenvalue weighted by Gasteiger charge is -2.50. The first-order valence-electron chi connectivity index (χ1n) is 21.8. The number of anilines is 2. The highest BCUT2D eigenvalue weighted by Gasteiger charge is 2.70. The summed E-state index contributed by atoms with van der Waals surface area (Å²) in [7, 11) is 1.54. The molecular weight excluding hydrogens is 892 g/mol. The number of hydrazine groups is 1. The van der Waals surface area contributed by atoms with Crippen LogP contribution in [0.2, 0.25) is 10.0 Å². The lowest BCUT2D eigenvalue weighted by Crippen LogP contribution is -2.53. The Balaban J connectivity index is 1.02. The van der Waals surface area contributed by atoms with Gasteiger partial charge in [0.25, 0.3) is 11.8 Å². The van der Waals surface area contributed by atoms with Crippen LogP contribution in [0.25, 0.3) is 22.6 Å². The van der Waals surface area contributed by atoms with Crippen LogP contribution in [0.1, 0.15) is 35.4 Å². The number of aromatic nitrogens is 1. The molecule has 3 fully saturated rings. The van der Waals surface area contributed by atoms with Crippen molar-refractivity contribution >= 4 is 69.3 Å². The number of halogens is 2. The number of ether oxygens (including phenoxy) is 2. The third kappa shape index (κ3) is 6.84. The Labute approximate surface area is 394 Å². The van der Waals surface area contributed by atoms with E-state index in [4.69, 9.17) is 37.1 Å². The Morgan fingerprint density at radius 2 is 1.55 bits per heavy atom. The van der Waals surface area contributed by atoms with Crippen molar-refractivity contribution in [2.45, 2.75) is 30.8 Å². The monoisotopic (exact) mass is 930 g/mol. The van der Waals surface area contributed by atoms with Crippen molar-refractivity contribution in [3.8, 4) is 28.7 Å². The van der Waals surface area contributed by atoms with Gasteiger partial charge in [-0.05, 0) is 103 Å². The van der Waals surface area contributed by atoms with Crippen LogP contribution in [-0.2, 0) is 31.2 Å². The van der Waals surface area contributed by atoms with E-state index in [1.54, 1.807) is 72.8 Å². The zero-order valence-electron chi connectivity index (χ0n) is 35.8. The molecule has 4 amide bonds. The number of imide groups is 2. The summed E-state index contributed by atoms with van der Waals surface area (Å²) in [6.45, 7) is 0.240. The number of amides is 4. The minimum atomic E-state index is -1.68. The largest absolute Gasteiger partial charge is 0.508 e. The van der Waals surface area contributed by atoms with Crippen molar-refractivity contribution in [1.82, 2.24) is 9.99 Å². The number of aromatic hydroxyl groups is 1. The van der Waals surface area contributed by atoms with E-state index in [9.17, 15) is 9.90 Å². The number of hydrogen-bond donors (Lipinski definition) is 2. The summed E-state index contributed by atoms with van der Waals surface area (Å²) < 4.78 is 17.6. The van der Waals surface area contributed by atoms with Crippen molar-refractivity contribution < 1.29 is 38.2 Å². The van der Waals surface area contributed by atoms with Gasteiger partial charge in [0.15, 0.2) is 5.58 Å². The van der Waals surface area contributed by atoms with E-state index in [1.165, 1.54) is 24.1 Å². The van der Waals surface area contributed by atoms with Gasteiger partial charge in [-0.1, -0.05) is 95.5 Å². The van der Waals surface area contributed by atoms with E-state index in [-0.39, 0.29) is 41.8 Å². The number of carbonyl (C=O) groups excluding carboxylic acids is 4. The highest BCUT2D eigenvalue weighted by atomic mass is 35.5. The van der Waals surface area contributed by atoms with Gasteiger partial charge in [0.1, 0.15) is 29.4 Å². The minimum absolute atomic E-state index is 0.0369. The molecule has 3 heterocycles. The fourth-order valence-corrected chi connectivity index (χ4v) is 11.2. The van der Waals surface area contributed by atoms with E-state index >= 15 is 14.4 Å². The van der Waals surface area contributed by atoms with Gasteiger partial charge in [-0.3, -0.25) is 29.5 Å². The number of methoxy groups -OCH3 is 1. The second-order valence-corrected chi connectivity index (χ2v) is 18.1. The van der Waals surface area contributed by atoms with Crippen molar-refractivity contribution in [3.63, 3.8) is 0 Å². The van der Waals surface area contributed by atoms with E-state index in [0.717, 1.165) is 10.6 Å². The molecule has 0 radical (unpaired) electrons. The van der Waals surface area contributed by atoms with Gasteiger partial charge < -0.3 is 19.0 Å². The molecule has 11 rings (SSSR count). The first kappa shape index (κ1) is 42.2. The van der Waals surface area contributed by atoms with Crippen LogP contribution >= 0.6 is 23.2 Å². The fraction of sp³-hybridized carbons (Fsp3) is 0.189. The number of benzene rings is 6. The van der Waals surface area contributed by atoms with Crippen LogP contribution in [0.3, 0.4) is 0 Å². The topological polar surface area (TPSA) is 152 Å². The molecular formula is C53H40Cl2N4O8. The number of para-hydroxylation sites is 2. The summed E-state index contributed by atoms with van der Waals surface area (Å²) in [5, 5.41) is 13.7. The molecule has 2 N–H and O–H groups in total. The number of rotatable bonds is 10. The van der Waals surface area contributed by atoms with Crippen molar-refractivity contribution in [2.24, 2.45) is 23.7 Å². The van der Waals surface area contributed by atoms with Crippen LogP contribution in [-0.4, -0.2) is 45.8 Å². The summed E-state index contributed by atoms with van der Waals surface area (Å²) in [5.74, 6) is -5.22. The van der Waals surface area contributed by atoms with Gasteiger partial charge in [-0.2, -0.15) is 5.01 Å². The number of phenolic OH excluding ortho intramolecular Hbond substituents is 1. The third-order valence-electron chi connectivity index (χ3n) is 13.8. The predicted octanol–water partition coefficient (Wildman–Crippen LogP) is 10.3. The molecule has 4 aliphatic rings. The quantitative estimate of drug-likeness (QED) is 0.100. The average Bonchev–Trinajstić information content (AvgIpc) is 3.96. The van der Waals surface area contributed by atoms with Crippen LogP contribution in [0, 0.1) is 23.7 Å². The molecule has 2 saturated heterocycles. The normalized spacial score (nSPS) is 23.2. The number of fused-ring (bicyclic) bond motifs is 5. The molecule has 0 unspecified atom stereocenters. The second kappa shape index (κ2) is 16.5. The predicted molar refractivity (Wildman–Crippen MR) is 251 cm³/mol. The lowest BCUT2D eigenvalue weighted by atomic mass is 9.49. The minimum Gasteiger partial charge on any atom is -0.508 e. The molecule has 1 aromatic heterocycles. The molecule has 1 saturated carbocycles. The van der Waals surface area contributed by atoms with Crippen LogP contribution in [0.4, 0.5) is 11.4 Å². The van der Waals surface area contributed by atoms with Crippen molar-refractivity contribution in [3.05, 3.63) is 178 Å². The Bertz CT molecular complexity index is 3140. The summed E-state index contributed by atoms with van der Waals surface area (Å²) >= 11 is 12.9. The molecule has 334 valence electrons. The van der Waals surface area contributed by atoms with E-state index in [1.807, 2.05) is 60.7 Å². The van der Waals surface area contributed by atoms with Gasteiger partial charge in [0, 0.05) is 28.1 Å². The molecule has 67 heavy (non-hydrogen) atoms. The molecule has 7 aromatic rings. The molecule has 14 heteroatoms. The summed E-state index contributed by atoms with van der Waals surface area (Å²) in [4.78, 5) is 66.4. The summed E-state index contributed by atoms with van der Waals surface area (Å²) in [6.07, 6.45) is 2.16. The van der Waals surface area contributed by atoms with Gasteiger partial charge in [0.05, 0.1) is 46.7 Å². The second-order valence-electron chi connectivity index (χ2n) is 17.3. The van der Waals surface area contributed by atoms with E-state index < -0.39 is 52.7 Å². The zero-order chi connectivity index (χ0) is 46.1. The van der Waals surface area contributed by atoms with E-state index in [0.29, 0.717) is 61.5 Å². The van der Waals surface area contributed by atoms with Gasteiger partial charge in [0.2, 0.25) is 17.7 Å². The highest BCUT2D eigenvalue weighted by molar-refractivity contribution is 6.36. The van der Waals surface area contributed by atoms with Gasteiger partial charge in [-0.25, -0.2) is 4.98 Å². The molecule has 0 bridgehead atoms. The van der Waals surface area contributed by atoms with E-state index in [2.05, 4.69) is 10.4 Å². The molecule has 6 aromatic carbocycles. The van der Waals surface area contributed by atoms with Gasteiger partial charge >= 0.3 is 0 Å². The molecule has 6 atom stereocenters. The maximum Gasteiger partial charge on any atom is 0.260 e. The van der Waals surface area contributed by atoms with Crippen LogP contribution in [0.15, 0.2) is 156 Å². The Morgan fingerprint density at radius 3 is 2.28 bits per heavy atom. The maximum atomic E-state index is 15.7. The van der Waals surface area contributed by atoms with Crippen LogP contribution in [0.5, 0.6) is 17.2 Å². The molecule has 2 aliphatic heterocycles. The summed E-state index contributed by atoms with van der Waals surface area (Å²) in [5.41, 5.74) is 6.43. The number of hydrogen-bond acceptors (Lipinski definition) is 10. The molecule has 2 aliphatic carbocycles. The third-order valence-corrected chi connectivity index (χ3v) is 14.4. The first-order valence-corrected chi connectivity index (χ1v) is 22.6. The number of phenols is 1. The molecule has 12 nitrogen and oxygen atoms in total. The Morgan fingerprint density at radius 1 is 0.806 bits per heavy atom. The number of nitrogens with zero attached hydrogens (tertiary/aromatic N) is 3. The SMILES string of the molecule is COc1ccc([C@@]23C(=O)N(Nc4ccc(Cl)cc4Cl)C(=O)[C@@H]2C[C@@H]2C(=CC[C@@H]4C(=O)N(c5ccc(-c6nc7ccccc7o6)cc5)C(=O)[C@@H]42)[C@@H]3c2ccc(OCc3ccccc3)cc2O)cc1. The smallest absolute Gasteiger partial charge is 0.260 e. The Hall–Kier alpha value is -7.41. The number of allylic oxidation sites excluding steroid dienone is 2. The van der Waals surface area contributed by atoms with Gasteiger partial charge in [-0.15, -0.1) is 0 Å². The summed E-state index contributed by atoms with van der Waals surface area (Å²) in [6, 6.07) is 40.6. The fourth-order valence-electron chi connectivity index (χ4n) is 10.8. The van der Waals surface area contributed by atoms with Crippen molar-refractivity contribution in [1.29, 1.82) is 0 Å². The number of nitrogens with one attached hydrogen (secondary N) is 1. The average molecular weight is 932 g/mol. The zero-order valence-corrected chi connectivity index (χ0v) is 37.3. The Kier molecular flexibility index (Phi) is 10.4. The lowest BCUT2D eigenvalue weighted by molar-refractivity contribution is -0.138. The number of oxazole rings is 1. The van der Waals surface area contributed by atoms with Crippen LogP contribution < -0.4 is 19.8 Å². The maximum absolute atomic E-state index is 15.7. The highest BCUT2D eigenvalue weighted by Crippen LogP contribution is 2.65. The van der Waals surface area contributed by atoms with Crippen molar-refractivity contribution in [2.75, 3.05) is 17.4 Å². The standard InChI is InChI=1S/C53H40Cl2N4O8/c1-65-34-18-13-31(14-19-34)53-40(50(62)59(52(53)64)57-42-24-15-32(54)25-41(42)55)27-39-36(47(53)37-21-20-35(26-44(37)60)66-28-29-7-3-2-4-8-29)22-23-38-46(39)51(63)58(49(38)61)33-16-11-30(12-17-33)48-56-43-9-5-6-10-45(43)67-48/h2-22,24-26,38-40,46-47,57,60H,23,27-28H2,1H3/t38-,39+,40-,46-,47+,53+/m0/s1. The number of carbonyl (C=O) groups is 4.